The molecule has 5 rings (SSSR count). The van der Waals surface area contributed by atoms with Crippen LogP contribution >= 0.6 is 0 Å². The number of aliphatic hydroxyl groups is 2. The number of rotatable bonds is 17. The molecule has 10 atom stereocenters. The van der Waals surface area contributed by atoms with Crippen molar-refractivity contribution in [3.8, 4) is 0 Å². The number of ether oxygens (including phenoxy) is 4. The molecule has 0 aromatic heterocycles. The van der Waals surface area contributed by atoms with Gasteiger partial charge in [0.25, 0.3) is 0 Å². The molecule has 1 fully saturated rings. The summed E-state index contributed by atoms with van der Waals surface area (Å²) in [6, 6.07) is 28.2. The minimum atomic E-state index is -3.64. The van der Waals surface area contributed by atoms with E-state index in [0.717, 1.165) is 11.1 Å². The van der Waals surface area contributed by atoms with E-state index in [1.54, 1.807) is 30.3 Å². The molecule has 0 bridgehead atoms. The second-order valence-electron chi connectivity index (χ2n) is 13.6. The van der Waals surface area contributed by atoms with Gasteiger partial charge in [-0.2, -0.15) is 0 Å². The van der Waals surface area contributed by atoms with Crippen LogP contribution in [-0.2, 0) is 42.0 Å². The van der Waals surface area contributed by atoms with Crippen molar-refractivity contribution in [1.82, 2.24) is 0 Å². The summed E-state index contributed by atoms with van der Waals surface area (Å²) in [7, 11) is -3.64. The number of benzene rings is 3. The van der Waals surface area contributed by atoms with Gasteiger partial charge in [-0.15, -0.1) is 6.58 Å². The Morgan fingerprint density at radius 2 is 1.52 bits per heavy atom. The number of hydrogen-bond donors (Lipinski definition) is 2. The number of aliphatic hydroxyl groups excluding tert-OH is 2. The molecule has 50 heavy (non-hydrogen) atoms. The summed E-state index contributed by atoms with van der Waals surface area (Å²) < 4.78 is 53.3. The third kappa shape index (κ3) is 10.2. The van der Waals surface area contributed by atoms with Crippen LogP contribution in [0, 0.1) is 17.8 Å². The monoisotopic (exact) mass is 704 g/mol. The van der Waals surface area contributed by atoms with Gasteiger partial charge in [-0.1, -0.05) is 111 Å². The third-order valence-electron chi connectivity index (χ3n) is 10.1. The van der Waals surface area contributed by atoms with Crippen LogP contribution in [-0.4, -0.2) is 73.7 Å². The number of hydrogen-bond acceptors (Lipinski definition) is 8. The van der Waals surface area contributed by atoms with Crippen molar-refractivity contribution in [2.45, 2.75) is 93.9 Å². The number of sulfone groups is 1. The molecule has 1 unspecified atom stereocenters. The summed E-state index contributed by atoms with van der Waals surface area (Å²) in [5.41, 5.74) is 2.04. The Bertz CT molecular complexity index is 1580. The van der Waals surface area contributed by atoms with Gasteiger partial charge in [0.05, 0.1) is 73.2 Å². The molecule has 3 aromatic rings. The Morgan fingerprint density at radius 3 is 2.14 bits per heavy atom. The Labute approximate surface area is 297 Å². The van der Waals surface area contributed by atoms with Gasteiger partial charge in [0.1, 0.15) is 0 Å². The van der Waals surface area contributed by atoms with E-state index in [1.165, 1.54) is 0 Å². The van der Waals surface area contributed by atoms with Gasteiger partial charge in [-0.3, -0.25) is 0 Å². The lowest BCUT2D eigenvalue weighted by atomic mass is 9.84. The van der Waals surface area contributed by atoms with E-state index < -0.39 is 46.3 Å². The van der Waals surface area contributed by atoms with Crippen LogP contribution in [0.3, 0.4) is 0 Å². The molecule has 9 heteroatoms. The van der Waals surface area contributed by atoms with E-state index in [2.05, 4.69) is 6.58 Å². The van der Waals surface area contributed by atoms with Crippen molar-refractivity contribution >= 4 is 9.84 Å². The van der Waals surface area contributed by atoms with Gasteiger partial charge in [0.2, 0.25) is 0 Å². The van der Waals surface area contributed by atoms with E-state index in [0.29, 0.717) is 26.1 Å². The fraction of sp³-hybridized carbons (Fsp3) is 0.463. The zero-order valence-electron chi connectivity index (χ0n) is 29.1. The van der Waals surface area contributed by atoms with Crippen molar-refractivity contribution < 1.29 is 37.6 Å². The van der Waals surface area contributed by atoms with Crippen LogP contribution in [0.5, 0.6) is 0 Å². The lowest BCUT2D eigenvalue weighted by Crippen LogP contribution is -2.53. The van der Waals surface area contributed by atoms with Gasteiger partial charge in [0.15, 0.2) is 9.84 Å². The highest BCUT2D eigenvalue weighted by Gasteiger charge is 2.46. The highest BCUT2D eigenvalue weighted by molar-refractivity contribution is 7.91. The van der Waals surface area contributed by atoms with Gasteiger partial charge in [-0.25, -0.2) is 8.42 Å². The maximum atomic E-state index is 13.7. The first-order chi connectivity index (χ1) is 24.2. The minimum Gasteiger partial charge on any atom is -0.394 e. The first-order valence-corrected chi connectivity index (χ1v) is 19.3. The van der Waals surface area contributed by atoms with Crippen LogP contribution in [0.15, 0.2) is 121 Å². The summed E-state index contributed by atoms with van der Waals surface area (Å²) in [5, 5.41) is 21.4. The van der Waals surface area contributed by atoms with Gasteiger partial charge >= 0.3 is 0 Å². The molecule has 2 heterocycles. The Kier molecular flexibility index (Phi) is 14.0. The van der Waals surface area contributed by atoms with Crippen LogP contribution in [0.25, 0.3) is 0 Å². The molecule has 2 aliphatic heterocycles. The second-order valence-corrected chi connectivity index (χ2v) is 15.7. The largest absolute Gasteiger partial charge is 0.394 e. The predicted molar refractivity (Wildman–Crippen MR) is 194 cm³/mol. The zero-order valence-corrected chi connectivity index (χ0v) is 29.9. The van der Waals surface area contributed by atoms with Gasteiger partial charge in [-0.05, 0) is 41.5 Å². The maximum Gasteiger partial charge on any atom is 0.179 e. The van der Waals surface area contributed by atoms with Crippen molar-refractivity contribution in [3.63, 3.8) is 0 Å². The summed E-state index contributed by atoms with van der Waals surface area (Å²) in [6.45, 7) is 8.49. The molecule has 0 radical (unpaired) electrons. The minimum absolute atomic E-state index is 0.134. The second kappa shape index (κ2) is 18.4. The Balaban J connectivity index is 1.34. The molecule has 1 saturated heterocycles. The zero-order chi connectivity index (χ0) is 35.5. The highest BCUT2D eigenvalue weighted by atomic mass is 32.2. The average Bonchev–Trinajstić information content (AvgIpc) is 3.31. The summed E-state index contributed by atoms with van der Waals surface area (Å²) in [6.07, 6.45) is 3.66. The normalized spacial score (nSPS) is 26.2. The van der Waals surface area contributed by atoms with Gasteiger partial charge < -0.3 is 29.2 Å². The SMILES string of the molecule is C=CC[C@@H]1O[C@@H]2[C@@H](CS(=O)(=O)c3ccccc3)C=C[C@@H]([C@@H](C)[C@H](C)C(O)C[C@@H](CO)OCc3ccccc3)O[C@H]2C[C@H]1OCc1ccccc1. The van der Waals surface area contributed by atoms with Crippen LogP contribution in [0.4, 0.5) is 0 Å². The topological polar surface area (TPSA) is 112 Å². The van der Waals surface area contributed by atoms with E-state index in [9.17, 15) is 18.6 Å². The van der Waals surface area contributed by atoms with Crippen LogP contribution < -0.4 is 0 Å². The molecule has 0 saturated carbocycles. The Hall–Kier alpha value is -3.15. The maximum absolute atomic E-state index is 13.7. The van der Waals surface area contributed by atoms with Crippen molar-refractivity contribution in [1.29, 1.82) is 0 Å². The van der Waals surface area contributed by atoms with E-state index in [4.69, 9.17) is 18.9 Å². The lowest BCUT2D eigenvalue weighted by molar-refractivity contribution is -0.214. The van der Waals surface area contributed by atoms with Crippen molar-refractivity contribution in [2.75, 3.05) is 12.4 Å². The molecule has 3 aromatic carbocycles. The molecule has 0 amide bonds. The first-order valence-electron chi connectivity index (χ1n) is 17.7. The lowest BCUT2D eigenvalue weighted by Gasteiger charge is -2.44. The molecule has 270 valence electrons. The van der Waals surface area contributed by atoms with Crippen LogP contribution in [0.1, 0.15) is 44.2 Å². The molecule has 0 aliphatic carbocycles. The molecule has 2 N–H and O–H groups in total. The van der Waals surface area contributed by atoms with Crippen LogP contribution in [0.2, 0.25) is 0 Å². The summed E-state index contributed by atoms with van der Waals surface area (Å²) in [4.78, 5) is 0.271. The molecule has 8 nitrogen and oxygen atoms in total. The fourth-order valence-electron chi connectivity index (χ4n) is 6.88. The van der Waals surface area contributed by atoms with E-state index in [1.807, 2.05) is 92.7 Å². The summed E-state index contributed by atoms with van der Waals surface area (Å²) >= 11 is 0. The van der Waals surface area contributed by atoms with Gasteiger partial charge in [0, 0.05) is 18.8 Å². The van der Waals surface area contributed by atoms with Crippen molar-refractivity contribution in [2.24, 2.45) is 17.8 Å². The fourth-order valence-corrected chi connectivity index (χ4v) is 8.45. The average molecular weight is 705 g/mol. The smallest absolute Gasteiger partial charge is 0.179 e. The van der Waals surface area contributed by atoms with Crippen molar-refractivity contribution in [3.05, 3.63) is 127 Å². The molecular weight excluding hydrogens is 653 g/mol. The molecular formula is C41H52O8S. The number of fused-ring (bicyclic) bond motifs is 1. The quantitative estimate of drug-likeness (QED) is 0.157. The van der Waals surface area contributed by atoms with E-state index in [-0.39, 0.29) is 47.7 Å². The molecule has 0 spiro atoms. The third-order valence-corrected chi connectivity index (χ3v) is 11.9. The predicted octanol–water partition coefficient (Wildman–Crippen LogP) is 6.32. The Morgan fingerprint density at radius 1 is 0.900 bits per heavy atom. The van der Waals surface area contributed by atoms with E-state index >= 15 is 0 Å². The molecule has 2 aliphatic rings. The first kappa shape index (κ1) is 38.1. The standard InChI is InChI=1S/C41H52O8S/c1-4-14-38-39(47-27-32-17-10-6-11-18-32)24-40-41(49-38)33(28-50(44,45)35-19-12-7-13-20-35)21-22-37(48-40)30(3)29(2)36(43)23-34(25-42)46-26-31-15-8-5-9-16-31/h4-13,15-22,29-30,33-34,36-43H,1,14,23-28H2,2-3H3/t29-,30-,33+,34-,36?,37-,38-,39+,40-,41+/m0/s1. The highest BCUT2D eigenvalue weighted by Crippen LogP contribution is 2.38. The summed E-state index contributed by atoms with van der Waals surface area (Å²) in [5.74, 6) is -1.00.